The number of benzene rings is 3. The van der Waals surface area contributed by atoms with Gasteiger partial charge in [0.25, 0.3) is 5.91 Å². The van der Waals surface area contributed by atoms with E-state index in [9.17, 15) is 4.79 Å². The third kappa shape index (κ3) is 4.91. The molecule has 1 aliphatic heterocycles. The fourth-order valence-corrected chi connectivity index (χ4v) is 3.87. The molecule has 0 fully saturated rings. The van der Waals surface area contributed by atoms with Gasteiger partial charge in [0, 0.05) is 23.7 Å². The quantitative estimate of drug-likeness (QED) is 0.360. The number of hydrogen-bond acceptors (Lipinski definition) is 7. The van der Waals surface area contributed by atoms with Gasteiger partial charge in [-0.15, -0.1) is 0 Å². The van der Waals surface area contributed by atoms with Crippen molar-refractivity contribution in [2.24, 2.45) is 0 Å². The zero-order valence-electron chi connectivity index (χ0n) is 19.4. The van der Waals surface area contributed by atoms with Crippen LogP contribution in [-0.2, 0) is 13.1 Å². The van der Waals surface area contributed by atoms with Crippen LogP contribution in [0.15, 0.2) is 77.3 Å². The monoisotopic (exact) mass is 472 g/mol. The van der Waals surface area contributed by atoms with Gasteiger partial charge in [-0.05, 0) is 60.2 Å². The molecule has 3 aromatic carbocycles. The molecule has 0 spiro atoms. The second-order valence-corrected chi connectivity index (χ2v) is 7.99. The predicted octanol–water partition coefficient (Wildman–Crippen LogP) is 4.93. The summed E-state index contributed by atoms with van der Waals surface area (Å²) in [7, 11) is 3.19. The van der Waals surface area contributed by atoms with Crippen molar-refractivity contribution in [3.63, 3.8) is 0 Å². The molecule has 0 N–H and O–H groups in total. The Balaban J connectivity index is 1.41. The van der Waals surface area contributed by atoms with Crippen molar-refractivity contribution in [1.29, 1.82) is 0 Å². The van der Waals surface area contributed by atoms with Gasteiger partial charge in [-0.25, -0.2) is 0 Å². The van der Waals surface area contributed by atoms with Crippen LogP contribution in [0.25, 0.3) is 11.3 Å². The SMILES string of the molecule is COc1ccc(-c2cc(CN(Cc3ccc4c(c3)OCO4)C(=O)c3cccc(OC)c3)no2)cc1. The Kier molecular flexibility index (Phi) is 6.26. The Hall–Kier alpha value is -4.46. The van der Waals surface area contributed by atoms with E-state index in [0.717, 1.165) is 16.9 Å². The van der Waals surface area contributed by atoms with E-state index in [2.05, 4.69) is 5.16 Å². The van der Waals surface area contributed by atoms with Crippen LogP contribution in [0.5, 0.6) is 23.0 Å². The predicted molar refractivity (Wildman–Crippen MR) is 128 cm³/mol. The van der Waals surface area contributed by atoms with Crippen molar-refractivity contribution in [1.82, 2.24) is 10.1 Å². The minimum absolute atomic E-state index is 0.157. The molecule has 178 valence electrons. The number of amides is 1. The van der Waals surface area contributed by atoms with Gasteiger partial charge in [0.2, 0.25) is 6.79 Å². The van der Waals surface area contributed by atoms with Crippen molar-refractivity contribution in [2.75, 3.05) is 21.0 Å². The van der Waals surface area contributed by atoms with E-state index in [-0.39, 0.29) is 19.2 Å². The molecule has 0 bridgehead atoms. The molecule has 0 atom stereocenters. The maximum atomic E-state index is 13.5. The molecular formula is C27H24N2O6. The highest BCUT2D eigenvalue weighted by Gasteiger charge is 2.21. The third-order valence-electron chi connectivity index (χ3n) is 5.70. The van der Waals surface area contributed by atoms with Crippen molar-refractivity contribution < 1.29 is 28.3 Å². The molecule has 0 unspecified atom stereocenters. The van der Waals surface area contributed by atoms with Crippen LogP contribution in [0, 0.1) is 0 Å². The lowest BCUT2D eigenvalue weighted by Crippen LogP contribution is -2.30. The summed E-state index contributed by atoms with van der Waals surface area (Å²) in [5.41, 5.74) is 2.92. The maximum absolute atomic E-state index is 13.5. The van der Waals surface area contributed by atoms with E-state index in [1.165, 1.54) is 0 Å². The zero-order chi connectivity index (χ0) is 24.2. The van der Waals surface area contributed by atoms with Crippen LogP contribution in [-0.4, -0.2) is 37.0 Å². The number of nitrogens with zero attached hydrogens (tertiary/aromatic N) is 2. The second-order valence-electron chi connectivity index (χ2n) is 7.99. The average Bonchev–Trinajstić information content (AvgIpc) is 3.57. The number of aromatic nitrogens is 1. The normalized spacial score (nSPS) is 11.8. The first-order chi connectivity index (χ1) is 17.1. The lowest BCUT2D eigenvalue weighted by atomic mass is 10.1. The van der Waals surface area contributed by atoms with Gasteiger partial charge in [-0.2, -0.15) is 0 Å². The highest BCUT2D eigenvalue weighted by molar-refractivity contribution is 5.94. The number of hydrogen-bond donors (Lipinski definition) is 0. The summed E-state index contributed by atoms with van der Waals surface area (Å²) in [5.74, 6) is 3.18. The summed E-state index contributed by atoms with van der Waals surface area (Å²) in [6.45, 7) is 0.792. The molecule has 1 aliphatic rings. The molecule has 8 heteroatoms. The summed E-state index contributed by atoms with van der Waals surface area (Å²) in [4.78, 5) is 15.3. The minimum atomic E-state index is -0.157. The fraction of sp³-hybridized carbons (Fsp3) is 0.185. The summed E-state index contributed by atoms with van der Waals surface area (Å²) < 4.78 is 27.0. The van der Waals surface area contributed by atoms with Gasteiger partial charge in [0.15, 0.2) is 17.3 Å². The lowest BCUT2D eigenvalue weighted by Gasteiger charge is -2.22. The molecule has 35 heavy (non-hydrogen) atoms. The number of fused-ring (bicyclic) bond motifs is 1. The molecule has 0 radical (unpaired) electrons. The van der Waals surface area contributed by atoms with E-state index in [1.54, 1.807) is 43.4 Å². The van der Waals surface area contributed by atoms with Crippen LogP contribution in [0.4, 0.5) is 0 Å². The molecule has 5 rings (SSSR count). The molecule has 1 aromatic heterocycles. The Morgan fingerprint density at radius 1 is 0.886 bits per heavy atom. The Morgan fingerprint density at radius 3 is 2.49 bits per heavy atom. The minimum Gasteiger partial charge on any atom is -0.497 e. The topological polar surface area (TPSA) is 83.3 Å². The van der Waals surface area contributed by atoms with Crippen LogP contribution in [0.3, 0.4) is 0 Å². The number of carbonyl (C=O) groups is 1. The van der Waals surface area contributed by atoms with E-state index >= 15 is 0 Å². The summed E-state index contributed by atoms with van der Waals surface area (Å²) in [6.07, 6.45) is 0. The molecule has 8 nitrogen and oxygen atoms in total. The fourth-order valence-electron chi connectivity index (χ4n) is 3.87. The largest absolute Gasteiger partial charge is 0.497 e. The molecule has 0 aliphatic carbocycles. The Bertz CT molecular complexity index is 1330. The molecular weight excluding hydrogens is 448 g/mol. The lowest BCUT2D eigenvalue weighted by molar-refractivity contribution is 0.0725. The smallest absolute Gasteiger partial charge is 0.254 e. The highest BCUT2D eigenvalue weighted by atomic mass is 16.7. The van der Waals surface area contributed by atoms with Gasteiger partial charge >= 0.3 is 0 Å². The molecule has 2 heterocycles. The number of methoxy groups -OCH3 is 2. The first-order valence-electron chi connectivity index (χ1n) is 11.0. The van der Waals surface area contributed by atoms with Gasteiger partial charge in [0.05, 0.1) is 20.8 Å². The van der Waals surface area contributed by atoms with E-state index in [1.807, 2.05) is 48.5 Å². The molecule has 0 saturated carbocycles. The summed E-state index contributed by atoms with van der Waals surface area (Å²) in [5, 5.41) is 4.21. The molecule has 1 amide bonds. The van der Waals surface area contributed by atoms with Crippen LogP contribution in [0.2, 0.25) is 0 Å². The van der Waals surface area contributed by atoms with Gasteiger partial charge in [-0.1, -0.05) is 17.3 Å². The summed E-state index contributed by atoms with van der Waals surface area (Å²) >= 11 is 0. The van der Waals surface area contributed by atoms with E-state index in [0.29, 0.717) is 40.8 Å². The van der Waals surface area contributed by atoms with E-state index in [4.69, 9.17) is 23.5 Å². The zero-order valence-corrected chi connectivity index (χ0v) is 19.4. The second kappa shape index (κ2) is 9.80. The number of carbonyl (C=O) groups excluding carboxylic acids is 1. The number of ether oxygens (including phenoxy) is 4. The van der Waals surface area contributed by atoms with Crippen LogP contribution >= 0.6 is 0 Å². The standard InChI is InChI=1S/C27H24N2O6/c1-31-22-9-7-19(8-10-22)25-14-21(28-35-25)16-29(27(30)20-4-3-5-23(13-20)32-2)15-18-6-11-24-26(12-18)34-17-33-24/h3-14H,15-17H2,1-2H3. The third-order valence-corrected chi connectivity index (χ3v) is 5.70. The van der Waals surface area contributed by atoms with Crippen LogP contribution in [0.1, 0.15) is 21.6 Å². The average molecular weight is 472 g/mol. The summed E-state index contributed by atoms with van der Waals surface area (Å²) in [6, 6.07) is 22.1. The Morgan fingerprint density at radius 2 is 1.69 bits per heavy atom. The van der Waals surface area contributed by atoms with Gasteiger partial charge in [0.1, 0.15) is 17.2 Å². The Labute approximate surface area is 202 Å². The molecule has 0 saturated heterocycles. The maximum Gasteiger partial charge on any atom is 0.254 e. The van der Waals surface area contributed by atoms with Gasteiger partial charge < -0.3 is 28.4 Å². The first kappa shape index (κ1) is 22.3. The van der Waals surface area contributed by atoms with Crippen molar-refractivity contribution in [3.05, 3.63) is 89.6 Å². The van der Waals surface area contributed by atoms with Crippen molar-refractivity contribution in [2.45, 2.75) is 13.1 Å². The highest BCUT2D eigenvalue weighted by Crippen LogP contribution is 2.33. The van der Waals surface area contributed by atoms with Crippen molar-refractivity contribution >= 4 is 5.91 Å². The molecule has 4 aromatic rings. The van der Waals surface area contributed by atoms with E-state index < -0.39 is 0 Å². The first-order valence-corrected chi connectivity index (χ1v) is 11.0. The number of rotatable bonds is 8. The van der Waals surface area contributed by atoms with Crippen LogP contribution < -0.4 is 18.9 Å². The van der Waals surface area contributed by atoms with Crippen molar-refractivity contribution in [3.8, 4) is 34.3 Å². The van der Waals surface area contributed by atoms with Gasteiger partial charge in [-0.3, -0.25) is 4.79 Å².